The predicted octanol–water partition coefficient (Wildman–Crippen LogP) is 2.69. The summed E-state index contributed by atoms with van der Waals surface area (Å²) in [6.45, 7) is 2.00. The normalized spacial score (nSPS) is 28.9. The summed E-state index contributed by atoms with van der Waals surface area (Å²) in [4.78, 5) is 11.2. The van der Waals surface area contributed by atoms with Gasteiger partial charge in [-0.05, 0) is 17.7 Å². The third-order valence-electron chi connectivity index (χ3n) is 2.85. The summed E-state index contributed by atoms with van der Waals surface area (Å²) in [7, 11) is 1.63. The van der Waals surface area contributed by atoms with Crippen molar-refractivity contribution < 1.29 is 14.3 Å². The number of carbonyl (C=O) groups is 1. The molecule has 0 unspecified atom stereocenters. The average Bonchev–Trinajstić information content (AvgIpc) is 2.57. The zero-order chi connectivity index (χ0) is 11.7. The second kappa shape index (κ2) is 4.45. The Morgan fingerprint density at radius 3 is 2.38 bits per heavy atom. The number of esters is 1. The van der Waals surface area contributed by atoms with Gasteiger partial charge in [0.05, 0.1) is 7.11 Å². The number of methoxy groups -OCH3 is 1. The van der Waals surface area contributed by atoms with Crippen molar-refractivity contribution in [2.45, 2.75) is 17.9 Å². The van der Waals surface area contributed by atoms with Crippen molar-refractivity contribution in [1.29, 1.82) is 0 Å². The highest BCUT2D eigenvalue weighted by Crippen LogP contribution is 2.38. The molecule has 86 valence electrons. The highest BCUT2D eigenvalue weighted by molar-refractivity contribution is 9.10. The minimum atomic E-state index is -0.209. The second-order valence-electron chi connectivity index (χ2n) is 3.89. The Morgan fingerprint density at radius 2 is 1.94 bits per heavy atom. The van der Waals surface area contributed by atoms with E-state index in [0.717, 1.165) is 11.3 Å². The highest BCUT2D eigenvalue weighted by atomic mass is 79.9. The van der Waals surface area contributed by atoms with Gasteiger partial charge in [-0.15, -0.1) is 0 Å². The molecule has 0 radical (unpaired) electrons. The lowest BCUT2D eigenvalue weighted by molar-refractivity contribution is -0.141. The topological polar surface area (TPSA) is 35.5 Å². The summed E-state index contributed by atoms with van der Waals surface area (Å²) in [6, 6.07) is 7.60. The molecule has 0 bridgehead atoms. The third-order valence-corrected chi connectivity index (χ3v) is 4.06. The predicted molar refractivity (Wildman–Crippen MR) is 63.7 cm³/mol. The molecular formula is C12H13BrO3. The summed E-state index contributed by atoms with van der Waals surface area (Å²) >= 11 is 3.34. The number of benzene rings is 1. The summed E-state index contributed by atoms with van der Waals surface area (Å²) in [6.07, 6.45) is -0.164. The van der Waals surface area contributed by atoms with Crippen LogP contribution < -0.4 is 4.74 Å². The minimum absolute atomic E-state index is 0.140. The molecule has 4 heteroatoms. The van der Waals surface area contributed by atoms with Crippen molar-refractivity contribution in [1.82, 2.24) is 0 Å². The lowest BCUT2D eigenvalue weighted by Gasteiger charge is -2.14. The first-order chi connectivity index (χ1) is 7.63. The molecule has 1 heterocycles. The third kappa shape index (κ3) is 1.94. The van der Waals surface area contributed by atoms with Gasteiger partial charge in [-0.1, -0.05) is 35.0 Å². The van der Waals surface area contributed by atoms with Gasteiger partial charge in [-0.2, -0.15) is 0 Å². The fourth-order valence-corrected chi connectivity index (χ4v) is 2.22. The molecule has 16 heavy (non-hydrogen) atoms. The first kappa shape index (κ1) is 11.5. The minimum Gasteiger partial charge on any atom is -0.497 e. The van der Waals surface area contributed by atoms with E-state index in [4.69, 9.17) is 9.47 Å². The Morgan fingerprint density at radius 1 is 1.31 bits per heavy atom. The van der Waals surface area contributed by atoms with Crippen molar-refractivity contribution >= 4 is 21.9 Å². The first-order valence-electron chi connectivity index (χ1n) is 5.12. The Hall–Kier alpha value is -1.03. The van der Waals surface area contributed by atoms with Gasteiger partial charge in [0.15, 0.2) is 0 Å². The number of rotatable bonds is 2. The van der Waals surface area contributed by atoms with Crippen LogP contribution in [0.15, 0.2) is 24.3 Å². The molecule has 1 aromatic carbocycles. The van der Waals surface area contributed by atoms with Crippen molar-refractivity contribution in [2.75, 3.05) is 7.11 Å². The number of carbonyl (C=O) groups excluding carboxylic acids is 1. The van der Waals surface area contributed by atoms with Crippen LogP contribution in [0.1, 0.15) is 18.6 Å². The smallest absolute Gasteiger partial charge is 0.320 e. The van der Waals surface area contributed by atoms with Gasteiger partial charge in [-0.25, -0.2) is 0 Å². The van der Waals surface area contributed by atoms with Crippen LogP contribution in [-0.4, -0.2) is 17.9 Å². The Balaban J connectivity index is 2.21. The summed E-state index contributed by atoms with van der Waals surface area (Å²) in [5.74, 6) is 0.755. The van der Waals surface area contributed by atoms with E-state index in [9.17, 15) is 4.79 Å². The molecule has 1 aliphatic rings. The number of alkyl halides is 1. The molecule has 0 amide bonds. The number of hydrogen-bond donors (Lipinski definition) is 0. The molecule has 3 atom stereocenters. The lowest BCUT2D eigenvalue weighted by atomic mass is 9.97. The van der Waals surface area contributed by atoms with Gasteiger partial charge < -0.3 is 9.47 Å². The summed E-state index contributed by atoms with van der Waals surface area (Å²) < 4.78 is 10.4. The van der Waals surface area contributed by atoms with Crippen LogP contribution in [0.2, 0.25) is 0 Å². The molecule has 0 aliphatic carbocycles. The quantitative estimate of drug-likeness (QED) is 0.619. The van der Waals surface area contributed by atoms with Crippen molar-refractivity contribution in [2.24, 2.45) is 5.92 Å². The zero-order valence-electron chi connectivity index (χ0n) is 9.14. The average molecular weight is 285 g/mol. The molecule has 0 N–H and O–H groups in total. The van der Waals surface area contributed by atoms with Gasteiger partial charge in [0.2, 0.25) is 0 Å². The zero-order valence-corrected chi connectivity index (χ0v) is 10.7. The largest absolute Gasteiger partial charge is 0.497 e. The fourth-order valence-electron chi connectivity index (χ4n) is 1.83. The van der Waals surface area contributed by atoms with E-state index in [1.807, 2.05) is 31.2 Å². The number of cyclic esters (lactones) is 1. The SMILES string of the molecule is COc1ccc([C@H]2OC(=O)[C@H](Br)[C@@H]2C)cc1. The molecule has 1 fully saturated rings. The van der Waals surface area contributed by atoms with Crippen LogP contribution in [0.4, 0.5) is 0 Å². The lowest BCUT2D eigenvalue weighted by Crippen LogP contribution is -2.12. The standard InChI is InChI=1S/C12H13BrO3/c1-7-10(13)12(14)16-11(7)8-3-5-9(15-2)6-4-8/h3-7,10-11H,1-2H3/t7-,10+,11-/m0/s1. The number of halogens is 1. The van der Waals surface area contributed by atoms with E-state index in [-0.39, 0.29) is 22.8 Å². The van der Waals surface area contributed by atoms with Crippen LogP contribution in [0.5, 0.6) is 5.75 Å². The van der Waals surface area contributed by atoms with E-state index in [2.05, 4.69) is 15.9 Å². The van der Waals surface area contributed by atoms with Gasteiger partial charge in [0, 0.05) is 5.92 Å². The van der Waals surface area contributed by atoms with E-state index in [1.54, 1.807) is 7.11 Å². The Kier molecular flexibility index (Phi) is 3.19. The molecule has 1 saturated heterocycles. The van der Waals surface area contributed by atoms with Gasteiger partial charge in [0.1, 0.15) is 16.7 Å². The van der Waals surface area contributed by atoms with Gasteiger partial charge in [0.25, 0.3) is 0 Å². The molecule has 2 rings (SSSR count). The highest BCUT2D eigenvalue weighted by Gasteiger charge is 2.40. The maximum atomic E-state index is 11.4. The molecule has 3 nitrogen and oxygen atoms in total. The Labute approximate surface area is 103 Å². The molecule has 0 aromatic heterocycles. The summed E-state index contributed by atoms with van der Waals surface area (Å²) in [5.41, 5.74) is 1.00. The summed E-state index contributed by atoms with van der Waals surface area (Å²) in [5, 5.41) is 0. The van der Waals surface area contributed by atoms with E-state index in [0.29, 0.717) is 0 Å². The number of hydrogen-bond acceptors (Lipinski definition) is 3. The first-order valence-corrected chi connectivity index (χ1v) is 6.03. The van der Waals surface area contributed by atoms with Crippen molar-refractivity contribution in [3.63, 3.8) is 0 Å². The van der Waals surface area contributed by atoms with Crippen LogP contribution in [0.25, 0.3) is 0 Å². The van der Waals surface area contributed by atoms with Crippen LogP contribution in [0, 0.1) is 5.92 Å². The van der Waals surface area contributed by atoms with Crippen LogP contribution >= 0.6 is 15.9 Å². The van der Waals surface area contributed by atoms with Gasteiger partial charge >= 0.3 is 5.97 Å². The molecule has 1 aliphatic heterocycles. The Bertz CT molecular complexity index is 388. The van der Waals surface area contributed by atoms with Crippen LogP contribution in [-0.2, 0) is 9.53 Å². The molecule has 1 aromatic rings. The molecular weight excluding hydrogens is 272 g/mol. The monoisotopic (exact) mass is 284 g/mol. The van der Waals surface area contributed by atoms with Crippen LogP contribution in [0.3, 0.4) is 0 Å². The van der Waals surface area contributed by atoms with Gasteiger partial charge in [-0.3, -0.25) is 4.79 Å². The molecule has 0 spiro atoms. The number of ether oxygens (including phenoxy) is 2. The van der Waals surface area contributed by atoms with E-state index in [1.165, 1.54) is 0 Å². The molecule has 0 saturated carbocycles. The van der Waals surface area contributed by atoms with E-state index >= 15 is 0 Å². The van der Waals surface area contributed by atoms with Crippen molar-refractivity contribution in [3.05, 3.63) is 29.8 Å². The van der Waals surface area contributed by atoms with E-state index < -0.39 is 0 Å². The fraction of sp³-hybridized carbons (Fsp3) is 0.417. The van der Waals surface area contributed by atoms with Crippen molar-refractivity contribution in [3.8, 4) is 5.75 Å². The maximum absolute atomic E-state index is 11.4. The second-order valence-corrected chi connectivity index (χ2v) is 4.88. The maximum Gasteiger partial charge on any atom is 0.320 e.